The summed E-state index contributed by atoms with van der Waals surface area (Å²) in [5.41, 5.74) is -2.18. The summed E-state index contributed by atoms with van der Waals surface area (Å²) >= 11 is 3.79. The van der Waals surface area contributed by atoms with E-state index < -0.39 is 135 Å². The van der Waals surface area contributed by atoms with Crippen molar-refractivity contribution in [2.75, 3.05) is 39.4 Å². The first-order valence-corrected chi connectivity index (χ1v) is 21.3. The number of rotatable bonds is 8. The predicted molar refractivity (Wildman–Crippen MR) is 201 cm³/mol. The maximum atomic E-state index is 15.2. The van der Waals surface area contributed by atoms with Crippen LogP contribution in [0, 0.1) is 58.3 Å². The Labute approximate surface area is 348 Å². The summed E-state index contributed by atoms with van der Waals surface area (Å²) in [6.45, 7) is -0.631. The number of carbonyl (C=O) groups is 2. The maximum Gasteiger partial charge on any atom is 0.345 e. The highest BCUT2D eigenvalue weighted by molar-refractivity contribution is 7.92. The second-order valence-electron chi connectivity index (χ2n) is 13.1. The van der Waals surface area contributed by atoms with Gasteiger partial charge in [-0.15, -0.1) is 12.6 Å². The predicted octanol–water partition coefficient (Wildman–Crippen LogP) is 7.23. The van der Waals surface area contributed by atoms with Crippen LogP contribution in [0.3, 0.4) is 0 Å². The molecule has 6 rings (SSSR count). The van der Waals surface area contributed by atoms with Gasteiger partial charge in [-0.25, -0.2) is 65.9 Å². The van der Waals surface area contributed by atoms with Crippen molar-refractivity contribution in [2.45, 2.75) is 33.5 Å². The Morgan fingerprint density at radius 1 is 0.754 bits per heavy atom. The third-order valence-corrected chi connectivity index (χ3v) is 13.1. The molecule has 10 nitrogen and oxygen atoms in total. The van der Waals surface area contributed by atoms with Crippen molar-refractivity contribution in [2.24, 2.45) is 5.92 Å². The van der Waals surface area contributed by atoms with E-state index in [4.69, 9.17) is 9.47 Å². The Hall–Kier alpha value is -5.06. The summed E-state index contributed by atoms with van der Waals surface area (Å²) in [6, 6.07) is 8.25. The van der Waals surface area contributed by atoms with Crippen LogP contribution in [0.5, 0.6) is 5.75 Å². The summed E-state index contributed by atoms with van der Waals surface area (Å²) in [5.74, 6) is -14.8. The molecule has 2 heterocycles. The van der Waals surface area contributed by atoms with Crippen LogP contribution < -0.4 is 4.74 Å². The van der Waals surface area contributed by atoms with Gasteiger partial charge in [-0.3, -0.25) is 0 Å². The highest BCUT2D eigenvalue weighted by atomic mass is 32.2. The molecule has 1 fully saturated rings. The van der Waals surface area contributed by atoms with E-state index in [1.54, 1.807) is 0 Å². The molecule has 61 heavy (non-hydrogen) atoms. The minimum Gasteiger partial charge on any atom is -0.490 e. The molecule has 0 aliphatic carbocycles. The lowest BCUT2D eigenvalue weighted by atomic mass is 9.75. The van der Waals surface area contributed by atoms with E-state index in [1.807, 2.05) is 0 Å². The lowest BCUT2D eigenvalue weighted by Crippen LogP contribution is -2.57. The first-order chi connectivity index (χ1) is 28.5. The number of halogens is 9. The van der Waals surface area contributed by atoms with Gasteiger partial charge in [0.15, 0.2) is 56.3 Å². The number of benzene rings is 4. The van der Waals surface area contributed by atoms with E-state index in [1.165, 1.54) is 6.07 Å². The topological polar surface area (TPSA) is 139 Å². The molecule has 0 spiro atoms. The van der Waals surface area contributed by atoms with Gasteiger partial charge in [0.1, 0.15) is 31.8 Å². The van der Waals surface area contributed by atoms with Crippen LogP contribution in [0.15, 0.2) is 76.0 Å². The van der Waals surface area contributed by atoms with Crippen molar-refractivity contribution in [1.29, 1.82) is 0 Å². The third kappa shape index (κ3) is 10.7. The van der Waals surface area contributed by atoms with Crippen molar-refractivity contribution >= 4 is 50.3 Å². The zero-order valence-electron chi connectivity index (χ0n) is 31.8. The van der Waals surface area contributed by atoms with Gasteiger partial charge in [-0.1, -0.05) is 0 Å². The minimum absolute atomic E-state index is 0.117. The van der Waals surface area contributed by atoms with Crippen LogP contribution >= 0.6 is 12.6 Å². The number of ether oxygens (including phenoxy) is 4. The van der Waals surface area contributed by atoms with Crippen LogP contribution in [0.1, 0.15) is 24.0 Å². The number of hydrogen-bond donors (Lipinski definition) is 1. The van der Waals surface area contributed by atoms with Crippen LogP contribution in [0.4, 0.5) is 39.5 Å². The van der Waals surface area contributed by atoms with E-state index in [0.29, 0.717) is 35.2 Å². The second kappa shape index (κ2) is 19.8. The summed E-state index contributed by atoms with van der Waals surface area (Å²) in [6.07, 6.45) is 0.0948. The zero-order valence-corrected chi connectivity index (χ0v) is 34.3. The first-order valence-electron chi connectivity index (χ1n) is 17.3. The van der Waals surface area contributed by atoms with Crippen molar-refractivity contribution in [1.82, 2.24) is 0 Å². The fraction of sp³-hybridized carbons (Fsp3) is 0.282. The standard InChI is InChI=1S/C21H20F4O6S2.C12H9F3O4.C6H4F2S/c1-32(26,27)9-6-18-13-11-31-20-16(24)5-4-15(23)19(20)21(13,7-8-30-18)33(28,29)12-2-3-14(22)17(25)10-12;1-18-11(16)7(12(17)19-2)5-6-8(13)3-4-9(14)10(6)15;7-5-2-1-4(9)3-6(5)8/h2-5,10,13,18H,6-9,11H2,1H3;3-5H,1-2H3;1-3,9H/t13-,18-,21-;;/m0../s1. The number of fused-ring (bicyclic) bond motifs is 3. The molecule has 1 saturated heterocycles. The molecular formula is C39H33F9O10S3. The number of sulfone groups is 2. The molecule has 330 valence electrons. The maximum absolute atomic E-state index is 15.2. The Bertz CT molecular complexity index is 2560. The van der Waals surface area contributed by atoms with E-state index >= 15 is 4.39 Å². The highest BCUT2D eigenvalue weighted by Gasteiger charge is 2.61. The van der Waals surface area contributed by atoms with Gasteiger partial charge in [-0.05, 0) is 79.6 Å². The highest BCUT2D eigenvalue weighted by Crippen LogP contribution is 2.56. The molecule has 2 aliphatic rings. The largest absolute Gasteiger partial charge is 0.490 e. The number of methoxy groups -OCH3 is 2. The van der Waals surface area contributed by atoms with Gasteiger partial charge < -0.3 is 18.9 Å². The molecule has 2 aliphatic heterocycles. The van der Waals surface area contributed by atoms with Crippen LogP contribution in [-0.2, 0) is 48.2 Å². The molecule has 3 atom stereocenters. The van der Waals surface area contributed by atoms with Crippen molar-refractivity contribution in [3.05, 3.63) is 130 Å². The number of thiol groups is 1. The molecule has 4 aromatic carbocycles. The zero-order chi connectivity index (χ0) is 45.6. The number of carbonyl (C=O) groups excluding carboxylic acids is 2. The van der Waals surface area contributed by atoms with E-state index in [9.17, 15) is 61.5 Å². The van der Waals surface area contributed by atoms with Crippen LogP contribution in [-0.4, -0.2) is 74.3 Å². The quantitative estimate of drug-likeness (QED) is 0.0282. The monoisotopic (exact) mass is 928 g/mol. The lowest BCUT2D eigenvalue weighted by Gasteiger charge is -2.50. The summed E-state index contributed by atoms with van der Waals surface area (Å²) in [5, 5.41) is 0. The number of esters is 2. The van der Waals surface area contributed by atoms with E-state index in [0.717, 1.165) is 50.8 Å². The van der Waals surface area contributed by atoms with Crippen molar-refractivity contribution < 1.29 is 84.9 Å². The Balaban J connectivity index is 0.000000245. The van der Waals surface area contributed by atoms with Crippen LogP contribution in [0.25, 0.3) is 6.08 Å². The molecule has 4 aromatic rings. The lowest BCUT2D eigenvalue weighted by molar-refractivity contribution is -0.143. The molecule has 22 heteroatoms. The molecular weight excluding hydrogens is 896 g/mol. The third-order valence-electron chi connectivity index (χ3n) is 9.28. The first kappa shape index (κ1) is 48.6. The molecule has 0 aromatic heterocycles. The molecule has 0 amide bonds. The average molecular weight is 929 g/mol. The van der Waals surface area contributed by atoms with Gasteiger partial charge in [-0.2, -0.15) is 0 Å². The molecule has 0 saturated carbocycles. The summed E-state index contributed by atoms with van der Waals surface area (Å²) in [4.78, 5) is 22.4. The normalized spacial score (nSPS) is 18.0. The van der Waals surface area contributed by atoms with Crippen LogP contribution in [0.2, 0.25) is 0 Å². The Kier molecular flexibility index (Phi) is 15.7. The molecule has 0 bridgehead atoms. The fourth-order valence-corrected chi connectivity index (χ4v) is 9.62. The fourth-order valence-electron chi connectivity index (χ4n) is 6.42. The average Bonchev–Trinajstić information content (AvgIpc) is 3.21. The van der Waals surface area contributed by atoms with E-state index in [-0.39, 0.29) is 25.2 Å². The van der Waals surface area contributed by atoms with Crippen molar-refractivity contribution in [3.8, 4) is 5.75 Å². The SMILES string of the molecule is COC(=O)C(=Cc1c(F)ccc(F)c1F)C(=O)OC.CS(=O)(=O)CC[C@@H]1OCC[C@@]2(S(=O)(=O)c3ccc(F)c(F)c3)c3c(F)ccc(F)c3OC[C@@H]12.Fc1ccc(S)cc1F. The van der Waals surface area contributed by atoms with Gasteiger partial charge in [0.25, 0.3) is 0 Å². The molecule has 0 N–H and O–H groups in total. The Morgan fingerprint density at radius 3 is 1.85 bits per heavy atom. The van der Waals surface area contributed by atoms with Gasteiger partial charge in [0.05, 0.1) is 48.7 Å². The molecule has 0 radical (unpaired) electrons. The van der Waals surface area contributed by atoms with Gasteiger partial charge in [0.2, 0.25) is 0 Å². The second-order valence-corrected chi connectivity index (χ2v) is 18.1. The van der Waals surface area contributed by atoms with Crippen molar-refractivity contribution in [3.63, 3.8) is 0 Å². The van der Waals surface area contributed by atoms with Gasteiger partial charge >= 0.3 is 11.9 Å². The van der Waals surface area contributed by atoms with Gasteiger partial charge in [0, 0.05) is 23.7 Å². The smallest absolute Gasteiger partial charge is 0.345 e. The Morgan fingerprint density at radius 2 is 1.30 bits per heavy atom. The van der Waals surface area contributed by atoms with E-state index in [2.05, 4.69) is 22.1 Å². The minimum atomic E-state index is -4.69. The summed E-state index contributed by atoms with van der Waals surface area (Å²) in [7, 11) is -6.20. The summed E-state index contributed by atoms with van der Waals surface area (Å²) < 4.78 is 190. The number of hydrogen-bond acceptors (Lipinski definition) is 11. The molecule has 0 unspecified atom stereocenters.